The van der Waals surface area contributed by atoms with Crippen molar-refractivity contribution in [2.45, 2.75) is 109 Å². The van der Waals surface area contributed by atoms with Crippen LogP contribution < -0.4 is 0 Å². The SMILES string of the molecule is CCCCCCC(CCCCCCCCCCC(=O)O)O[N+](=O)[O-]. The summed E-state index contributed by atoms with van der Waals surface area (Å²) in [4.78, 5) is 25.7. The molecule has 0 bridgehead atoms. The third-order valence-corrected chi connectivity index (χ3v) is 4.28. The summed E-state index contributed by atoms with van der Waals surface area (Å²) in [5.41, 5.74) is 0. The molecule has 0 spiro atoms. The zero-order chi connectivity index (χ0) is 18.0. The third kappa shape index (κ3) is 17.0. The van der Waals surface area contributed by atoms with E-state index in [1.807, 2.05) is 0 Å². The van der Waals surface area contributed by atoms with Gasteiger partial charge in [-0.15, -0.1) is 10.1 Å². The molecule has 1 atom stereocenters. The van der Waals surface area contributed by atoms with Crippen molar-refractivity contribution in [1.29, 1.82) is 0 Å². The largest absolute Gasteiger partial charge is 0.481 e. The molecule has 0 fully saturated rings. The summed E-state index contributed by atoms with van der Waals surface area (Å²) >= 11 is 0. The third-order valence-electron chi connectivity index (χ3n) is 4.28. The number of hydrogen-bond acceptors (Lipinski definition) is 4. The van der Waals surface area contributed by atoms with Gasteiger partial charge in [0.25, 0.3) is 5.09 Å². The molecule has 0 saturated heterocycles. The molecule has 0 aromatic carbocycles. The molecule has 0 amide bonds. The average Bonchev–Trinajstić information content (AvgIpc) is 2.52. The highest BCUT2D eigenvalue weighted by Gasteiger charge is 2.12. The van der Waals surface area contributed by atoms with E-state index in [0.717, 1.165) is 83.5 Å². The Hall–Kier alpha value is -1.33. The molecule has 1 unspecified atom stereocenters. The number of carboxylic acid groups (broad SMARTS) is 1. The van der Waals surface area contributed by atoms with Crippen LogP contribution >= 0.6 is 0 Å². The lowest BCUT2D eigenvalue weighted by Gasteiger charge is -2.14. The first-order valence-corrected chi connectivity index (χ1v) is 9.59. The molecular formula is C18H35NO5. The smallest absolute Gasteiger partial charge is 0.303 e. The molecule has 0 saturated carbocycles. The van der Waals surface area contributed by atoms with E-state index in [1.165, 1.54) is 6.42 Å². The lowest BCUT2D eigenvalue weighted by Crippen LogP contribution is -2.17. The minimum atomic E-state index is -0.712. The van der Waals surface area contributed by atoms with E-state index in [1.54, 1.807) is 0 Å². The Morgan fingerprint density at radius 1 is 0.917 bits per heavy atom. The Kier molecular flexibility index (Phi) is 15.6. The van der Waals surface area contributed by atoms with Crippen LogP contribution in [-0.2, 0) is 9.63 Å². The van der Waals surface area contributed by atoms with E-state index in [4.69, 9.17) is 9.94 Å². The van der Waals surface area contributed by atoms with Gasteiger partial charge in [-0.3, -0.25) is 4.79 Å². The van der Waals surface area contributed by atoms with Crippen molar-refractivity contribution in [2.75, 3.05) is 0 Å². The molecule has 0 aromatic heterocycles. The molecule has 1 N–H and O–H groups in total. The van der Waals surface area contributed by atoms with Crippen LogP contribution in [0.4, 0.5) is 0 Å². The minimum Gasteiger partial charge on any atom is -0.481 e. The van der Waals surface area contributed by atoms with Gasteiger partial charge in [-0.1, -0.05) is 77.6 Å². The highest BCUT2D eigenvalue weighted by molar-refractivity contribution is 5.66. The van der Waals surface area contributed by atoms with Crippen molar-refractivity contribution in [3.63, 3.8) is 0 Å². The summed E-state index contributed by atoms with van der Waals surface area (Å²) in [6.07, 6.45) is 14.4. The molecule has 0 radical (unpaired) electrons. The zero-order valence-electron chi connectivity index (χ0n) is 15.2. The topological polar surface area (TPSA) is 89.7 Å². The maximum absolute atomic E-state index is 10.5. The fourth-order valence-electron chi connectivity index (χ4n) is 2.88. The van der Waals surface area contributed by atoms with E-state index in [9.17, 15) is 14.9 Å². The molecule has 0 heterocycles. The molecule has 6 nitrogen and oxygen atoms in total. The Morgan fingerprint density at radius 2 is 1.38 bits per heavy atom. The van der Waals surface area contributed by atoms with Crippen LogP contribution in [0.5, 0.6) is 0 Å². The van der Waals surface area contributed by atoms with Crippen LogP contribution in [0.25, 0.3) is 0 Å². The zero-order valence-corrected chi connectivity index (χ0v) is 15.2. The van der Waals surface area contributed by atoms with Gasteiger partial charge in [0, 0.05) is 6.42 Å². The van der Waals surface area contributed by atoms with E-state index in [2.05, 4.69) is 6.92 Å². The monoisotopic (exact) mass is 345 g/mol. The van der Waals surface area contributed by atoms with Gasteiger partial charge in [0.1, 0.15) is 6.10 Å². The predicted molar refractivity (Wildman–Crippen MR) is 94.4 cm³/mol. The van der Waals surface area contributed by atoms with Gasteiger partial charge in [0.2, 0.25) is 0 Å². The van der Waals surface area contributed by atoms with Gasteiger partial charge >= 0.3 is 5.97 Å². The summed E-state index contributed by atoms with van der Waals surface area (Å²) < 4.78 is 0. The summed E-state index contributed by atoms with van der Waals surface area (Å²) in [5, 5.41) is 18.4. The fourth-order valence-corrected chi connectivity index (χ4v) is 2.88. The van der Waals surface area contributed by atoms with Crippen molar-refractivity contribution in [2.24, 2.45) is 0 Å². The summed E-state index contributed by atoms with van der Waals surface area (Å²) in [6.45, 7) is 2.15. The van der Waals surface area contributed by atoms with Crippen molar-refractivity contribution >= 4 is 5.97 Å². The molecule has 6 heteroatoms. The van der Waals surface area contributed by atoms with Crippen LogP contribution in [0.2, 0.25) is 0 Å². The fraction of sp³-hybridized carbons (Fsp3) is 0.944. The van der Waals surface area contributed by atoms with E-state index < -0.39 is 11.1 Å². The lowest BCUT2D eigenvalue weighted by atomic mass is 10.0. The normalized spacial score (nSPS) is 12.0. The van der Waals surface area contributed by atoms with E-state index >= 15 is 0 Å². The van der Waals surface area contributed by atoms with Crippen LogP contribution in [-0.4, -0.2) is 22.3 Å². The second kappa shape index (κ2) is 16.5. The standard InChI is InChI=1S/C18H35NO5/c1-2-3-4-11-14-17(24-19(22)23)15-12-9-7-5-6-8-10-13-16-18(20)21/h17H,2-16H2,1H3,(H,20,21). The van der Waals surface area contributed by atoms with Crippen molar-refractivity contribution in [3.8, 4) is 0 Å². The van der Waals surface area contributed by atoms with Crippen molar-refractivity contribution < 1.29 is 19.8 Å². The van der Waals surface area contributed by atoms with Gasteiger partial charge in [-0.25, -0.2) is 0 Å². The second-order valence-electron chi connectivity index (χ2n) is 6.56. The Bertz CT molecular complexity index is 323. The van der Waals surface area contributed by atoms with E-state index in [0.29, 0.717) is 0 Å². The minimum absolute atomic E-state index is 0.243. The Balaban J connectivity index is 3.54. The lowest BCUT2D eigenvalue weighted by molar-refractivity contribution is -0.769. The Labute approximate surface area is 146 Å². The summed E-state index contributed by atoms with van der Waals surface area (Å²) in [5.74, 6) is -0.712. The summed E-state index contributed by atoms with van der Waals surface area (Å²) in [7, 11) is 0. The molecule has 0 aliphatic rings. The number of hydrogen-bond donors (Lipinski definition) is 1. The first-order valence-electron chi connectivity index (χ1n) is 9.59. The molecular weight excluding hydrogens is 310 g/mol. The van der Waals surface area contributed by atoms with Gasteiger partial charge in [0.05, 0.1) is 0 Å². The molecule has 24 heavy (non-hydrogen) atoms. The second-order valence-corrected chi connectivity index (χ2v) is 6.56. The van der Waals surface area contributed by atoms with Gasteiger partial charge in [0.15, 0.2) is 0 Å². The number of nitrogens with zero attached hydrogens (tertiary/aromatic N) is 1. The maximum Gasteiger partial charge on any atom is 0.303 e. The number of aliphatic carboxylic acids is 1. The first kappa shape index (κ1) is 22.7. The van der Waals surface area contributed by atoms with Crippen molar-refractivity contribution in [3.05, 3.63) is 10.1 Å². The van der Waals surface area contributed by atoms with Gasteiger partial charge in [-0.05, 0) is 19.3 Å². The molecule has 142 valence electrons. The maximum atomic E-state index is 10.5. The molecule has 0 aliphatic carbocycles. The van der Waals surface area contributed by atoms with Gasteiger partial charge in [-0.2, -0.15) is 0 Å². The number of rotatable bonds is 18. The van der Waals surface area contributed by atoms with E-state index in [-0.39, 0.29) is 12.5 Å². The van der Waals surface area contributed by atoms with Crippen LogP contribution in [0, 0.1) is 10.1 Å². The van der Waals surface area contributed by atoms with Crippen LogP contribution in [0.15, 0.2) is 0 Å². The molecule has 0 aliphatic heterocycles. The molecule has 0 rings (SSSR count). The highest BCUT2D eigenvalue weighted by atomic mass is 17.0. The van der Waals surface area contributed by atoms with Crippen LogP contribution in [0.3, 0.4) is 0 Å². The first-order chi connectivity index (χ1) is 11.6. The number of unbranched alkanes of at least 4 members (excludes halogenated alkanes) is 10. The predicted octanol–water partition coefficient (Wildman–Crippen LogP) is 5.52. The average molecular weight is 345 g/mol. The quantitative estimate of drug-likeness (QED) is 0.201. The highest BCUT2D eigenvalue weighted by Crippen LogP contribution is 2.16. The number of carbonyl (C=O) groups is 1. The van der Waals surface area contributed by atoms with Crippen LogP contribution in [0.1, 0.15) is 103 Å². The summed E-state index contributed by atoms with van der Waals surface area (Å²) in [6, 6.07) is 0. The molecule has 0 aromatic rings. The van der Waals surface area contributed by atoms with Gasteiger partial charge < -0.3 is 9.94 Å². The number of carboxylic acids is 1. The Morgan fingerprint density at radius 3 is 1.83 bits per heavy atom. The van der Waals surface area contributed by atoms with Crippen molar-refractivity contribution in [1.82, 2.24) is 0 Å².